The van der Waals surface area contributed by atoms with Crippen LogP contribution < -0.4 is 11.3 Å². The first kappa shape index (κ1) is 11.5. The zero-order valence-corrected chi connectivity index (χ0v) is 10.3. The van der Waals surface area contributed by atoms with Crippen LogP contribution in [0.3, 0.4) is 0 Å². The van der Waals surface area contributed by atoms with Gasteiger partial charge in [-0.05, 0) is 28.4 Å². The van der Waals surface area contributed by atoms with Crippen LogP contribution in [0.2, 0.25) is 0 Å². The van der Waals surface area contributed by atoms with Crippen molar-refractivity contribution in [3.8, 4) is 0 Å². The summed E-state index contributed by atoms with van der Waals surface area (Å²) in [5.74, 6) is 0.467. The van der Waals surface area contributed by atoms with Gasteiger partial charge in [-0.3, -0.25) is 14.6 Å². The van der Waals surface area contributed by atoms with E-state index in [1.807, 2.05) is 0 Å². The lowest BCUT2D eigenvalue weighted by Crippen LogP contribution is -2.23. The van der Waals surface area contributed by atoms with E-state index in [0.29, 0.717) is 12.5 Å². The predicted octanol–water partition coefficient (Wildman–Crippen LogP) is 1.17. The number of aromatic nitrogens is 2. The number of halogens is 1. The van der Waals surface area contributed by atoms with Gasteiger partial charge < -0.3 is 5.73 Å². The molecule has 1 atom stereocenters. The lowest BCUT2D eigenvalue weighted by Gasteiger charge is -2.16. The number of H-pyrrole nitrogens is 1. The summed E-state index contributed by atoms with van der Waals surface area (Å²) in [6.45, 7) is 4.62. The van der Waals surface area contributed by atoms with Crippen LogP contribution in [0.15, 0.2) is 9.40 Å². The number of nitrogens with two attached hydrogens (primary N) is 1. The molecule has 0 amide bonds. The lowest BCUT2D eigenvalue weighted by atomic mass is 9.90. The summed E-state index contributed by atoms with van der Waals surface area (Å²) in [6, 6.07) is 0. The standard InChI is InChI=1S/C9H16BrN3O/c1-5(2)6(4-11)7-8(10)13(3)12-9(7)14/h5-6H,4,11H2,1-3H3,(H,12,14). The van der Waals surface area contributed by atoms with Gasteiger partial charge in [-0.1, -0.05) is 13.8 Å². The van der Waals surface area contributed by atoms with Crippen molar-refractivity contribution in [1.29, 1.82) is 0 Å². The Labute approximate surface area is 91.6 Å². The van der Waals surface area contributed by atoms with Crippen molar-refractivity contribution in [1.82, 2.24) is 9.78 Å². The van der Waals surface area contributed by atoms with Gasteiger partial charge >= 0.3 is 0 Å². The molecule has 1 unspecified atom stereocenters. The minimum atomic E-state index is -0.0523. The van der Waals surface area contributed by atoms with E-state index in [0.717, 1.165) is 10.2 Å². The SMILES string of the molecule is CC(C)C(CN)c1c(Br)n(C)[nH]c1=O. The van der Waals surface area contributed by atoms with E-state index in [2.05, 4.69) is 34.9 Å². The van der Waals surface area contributed by atoms with Crippen molar-refractivity contribution in [3.63, 3.8) is 0 Å². The maximum Gasteiger partial charge on any atom is 0.268 e. The average Bonchev–Trinajstić information content (AvgIpc) is 2.32. The van der Waals surface area contributed by atoms with Gasteiger partial charge in [0.1, 0.15) is 4.60 Å². The second-order valence-corrected chi connectivity index (χ2v) is 4.54. The highest BCUT2D eigenvalue weighted by molar-refractivity contribution is 9.10. The van der Waals surface area contributed by atoms with Crippen molar-refractivity contribution in [2.24, 2.45) is 18.7 Å². The Balaban J connectivity index is 3.22. The van der Waals surface area contributed by atoms with Crippen LogP contribution in [0.1, 0.15) is 25.3 Å². The monoisotopic (exact) mass is 261 g/mol. The molecular formula is C9H16BrN3O. The Morgan fingerprint density at radius 2 is 2.14 bits per heavy atom. The van der Waals surface area contributed by atoms with Crippen LogP contribution in [0.5, 0.6) is 0 Å². The van der Waals surface area contributed by atoms with Crippen molar-refractivity contribution < 1.29 is 0 Å². The maximum absolute atomic E-state index is 11.6. The Kier molecular flexibility index (Phi) is 3.55. The Bertz CT molecular complexity index is 367. The van der Waals surface area contributed by atoms with Crippen molar-refractivity contribution in [2.75, 3.05) is 6.54 Å². The van der Waals surface area contributed by atoms with Gasteiger partial charge in [0.05, 0.1) is 5.56 Å². The molecule has 1 heterocycles. The largest absolute Gasteiger partial charge is 0.330 e. The summed E-state index contributed by atoms with van der Waals surface area (Å²) in [4.78, 5) is 11.6. The Morgan fingerprint density at radius 3 is 2.43 bits per heavy atom. The number of nitrogens with zero attached hydrogens (tertiary/aromatic N) is 1. The molecule has 0 spiro atoms. The first-order chi connectivity index (χ1) is 6.49. The molecule has 4 nitrogen and oxygen atoms in total. The van der Waals surface area contributed by atoms with Gasteiger partial charge in [0.15, 0.2) is 0 Å². The number of nitrogens with one attached hydrogen (secondary N) is 1. The Morgan fingerprint density at radius 1 is 1.57 bits per heavy atom. The minimum Gasteiger partial charge on any atom is -0.330 e. The van der Waals surface area contributed by atoms with E-state index in [-0.39, 0.29) is 11.5 Å². The van der Waals surface area contributed by atoms with Crippen molar-refractivity contribution >= 4 is 15.9 Å². The molecule has 0 saturated carbocycles. The lowest BCUT2D eigenvalue weighted by molar-refractivity contribution is 0.502. The average molecular weight is 262 g/mol. The van der Waals surface area contributed by atoms with Crippen LogP contribution in [0, 0.1) is 5.92 Å². The van der Waals surface area contributed by atoms with E-state index in [1.54, 1.807) is 11.7 Å². The predicted molar refractivity (Wildman–Crippen MR) is 60.4 cm³/mol. The van der Waals surface area contributed by atoms with Crippen LogP contribution in [-0.4, -0.2) is 16.3 Å². The second kappa shape index (κ2) is 4.31. The molecule has 5 heteroatoms. The number of hydrogen-bond acceptors (Lipinski definition) is 2. The molecule has 0 aliphatic rings. The van der Waals surface area contributed by atoms with E-state index in [4.69, 9.17) is 5.73 Å². The molecule has 0 aliphatic carbocycles. The minimum absolute atomic E-state index is 0.0523. The highest BCUT2D eigenvalue weighted by Gasteiger charge is 2.22. The van der Waals surface area contributed by atoms with Crippen LogP contribution in [0.4, 0.5) is 0 Å². The number of aromatic amines is 1. The zero-order valence-electron chi connectivity index (χ0n) is 8.67. The first-order valence-corrected chi connectivity index (χ1v) is 5.42. The number of hydrogen-bond donors (Lipinski definition) is 2. The molecule has 80 valence electrons. The smallest absolute Gasteiger partial charge is 0.268 e. The fourth-order valence-corrected chi connectivity index (χ4v) is 2.14. The van der Waals surface area contributed by atoms with Gasteiger partial charge in [-0.15, -0.1) is 0 Å². The molecule has 1 aromatic rings. The quantitative estimate of drug-likeness (QED) is 0.859. The second-order valence-electron chi connectivity index (χ2n) is 3.79. The normalized spacial score (nSPS) is 13.6. The van der Waals surface area contributed by atoms with Gasteiger partial charge in [0.2, 0.25) is 0 Å². The molecule has 0 aromatic carbocycles. The molecule has 0 aliphatic heterocycles. The Hall–Kier alpha value is -0.550. The third-order valence-corrected chi connectivity index (χ3v) is 3.42. The van der Waals surface area contributed by atoms with Crippen LogP contribution in [0.25, 0.3) is 0 Å². The third kappa shape index (κ3) is 1.93. The summed E-state index contributed by atoms with van der Waals surface area (Å²) >= 11 is 3.39. The fourth-order valence-electron chi connectivity index (χ4n) is 1.58. The zero-order chi connectivity index (χ0) is 10.9. The summed E-state index contributed by atoms with van der Waals surface area (Å²) < 4.78 is 2.47. The number of aryl methyl sites for hydroxylation is 1. The first-order valence-electron chi connectivity index (χ1n) is 4.63. The molecule has 1 aromatic heterocycles. The van der Waals surface area contributed by atoms with Gasteiger partial charge in [0, 0.05) is 13.0 Å². The van der Waals surface area contributed by atoms with E-state index >= 15 is 0 Å². The molecule has 1 rings (SSSR count). The van der Waals surface area contributed by atoms with E-state index in [9.17, 15) is 4.79 Å². The third-order valence-electron chi connectivity index (χ3n) is 2.46. The maximum atomic E-state index is 11.6. The molecule has 14 heavy (non-hydrogen) atoms. The fraction of sp³-hybridized carbons (Fsp3) is 0.667. The molecule has 0 radical (unpaired) electrons. The van der Waals surface area contributed by atoms with Gasteiger partial charge in [-0.25, -0.2) is 0 Å². The molecule has 0 saturated heterocycles. The van der Waals surface area contributed by atoms with E-state index in [1.165, 1.54) is 0 Å². The van der Waals surface area contributed by atoms with Crippen LogP contribution >= 0.6 is 15.9 Å². The summed E-state index contributed by atoms with van der Waals surface area (Å²) in [6.07, 6.45) is 0. The summed E-state index contributed by atoms with van der Waals surface area (Å²) in [7, 11) is 1.79. The molecule has 3 N–H and O–H groups in total. The summed E-state index contributed by atoms with van der Waals surface area (Å²) in [5, 5.41) is 2.70. The van der Waals surface area contributed by atoms with Crippen molar-refractivity contribution in [2.45, 2.75) is 19.8 Å². The summed E-state index contributed by atoms with van der Waals surface area (Å²) in [5.41, 5.74) is 6.37. The molecule has 0 bridgehead atoms. The van der Waals surface area contributed by atoms with E-state index < -0.39 is 0 Å². The molecular weight excluding hydrogens is 246 g/mol. The highest BCUT2D eigenvalue weighted by Crippen LogP contribution is 2.26. The number of rotatable bonds is 3. The topological polar surface area (TPSA) is 63.8 Å². The van der Waals surface area contributed by atoms with Crippen molar-refractivity contribution in [3.05, 3.63) is 20.5 Å². The highest BCUT2D eigenvalue weighted by atomic mass is 79.9. The van der Waals surface area contributed by atoms with Gasteiger partial charge in [0.25, 0.3) is 5.56 Å². The van der Waals surface area contributed by atoms with Gasteiger partial charge in [-0.2, -0.15) is 0 Å². The molecule has 0 fully saturated rings. The van der Waals surface area contributed by atoms with Crippen LogP contribution in [-0.2, 0) is 7.05 Å².